The highest BCUT2D eigenvalue weighted by atomic mass is 35.5. The Kier molecular flexibility index (Phi) is 5.02. The first kappa shape index (κ1) is 19.6. The smallest absolute Gasteiger partial charge is 0.215 e. The van der Waals surface area contributed by atoms with Gasteiger partial charge in [-0.1, -0.05) is 40.9 Å². The van der Waals surface area contributed by atoms with Crippen molar-refractivity contribution in [3.05, 3.63) is 92.4 Å². The monoisotopic (exact) mass is 458 g/mol. The van der Waals surface area contributed by atoms with E-state index in [0.29, 0.717) is 15.1 Å². The molecule has 0 bridgehead atoms. The lowest BCUT2D eigenvalue weighted by Gasteiger charge is -2.38. The van der Waals surface area contributed by atoms with Crippen molar-refractivity contribution in [2.75, 3.05) is 7.11 Å². The third-order valence-electron chi connectivity index (χ3n) is 5.40. The summed E-state index contributed by atoms with van der Waals surface area (Å²) in [6, 6.07) is 19.0. The van der Waals surface area contributed by atoms with Gasteiger partial charge in [-0.15, -0.1) is 0 Å². The van der Waals surface area contributed by atoms with Crippen molar-refractivity contribution in [3.63, 3.8) is 0 Å². The molecule has 0 spiro atoms. The second-order valence-corrected chi connectivity index (χ2v) is 8.47. The molecular formula is C23H17Cl3N2O2. The average molecular weight is 460 g/mol. The van der Waals surface area contributed by atoms with Crippen LogP contribution in [0.25, 0.3) is 0 Å². The Balaban J connectivity index is 1.59. The maximum atomic E-state index is 6.52. The van der Waals surface area contributed by atoms with Crippen LogP contribution in [0.3, 0.4) is 0 Å². The van der Waals surface area contributed by atoms with Crippen molar-refractivity contribution >= 4 is 40.5 Å². The Labute approximate surface area is 189 Å². The molecule has 7 heteroatoms. The largest absolute Gasteiger partial charge is 0.497 e. The third-order valence-corrected chi connectivity index (χ3v) is 6.20. The molecule has 0 saturated heterocycles. The standard InChI is InChI=1S/C23H17Cl3N2O2/c1-29-16-6-2-13(3-7-16)20-12-21-18-10-14(24)5-9-22(18)30-23(28(21)27-20)17-8-4-15(25)11-19(17)26/h2-11,21,23H,12H2,1H3/t21-,23+/m1/s1. The summed E-state index contributed by atoms with van der Waals surface area (Å²) < 4.78 is 11.6. The Morgan fingerprint density at radius 3 is 2.40 bits per heavy atom. The number of hydrogen-bond acceptors (Lipinski definition) is 4. The molecule has 4 nitrogen and oxygen atoms in total. The number of halogens is 3. The molecule has 0 N–H and O–H groups in total. The zero-order valence-corrected chi connectivity index (χ0v) is 18.2. The van der Waals surface area contributed by atoms with E-state index in [9.17, 15) is 0 Å². The van der Waals surface area contributed by atoms with Gasteiger partial charge < -0.3 is 9.47 Å². The van der Waals surface area contributed by atoms with Crippen molar-refractivity contribution in [1.82, 2.24) is 5.01 Å². The molecular weight excluding hydrogens is 443 g/mol. The quantitative estimate of drug-likeness (QED) is 0.427. The molecule has 0 unspecified atom stereocenters. The molecule has 30 heavy (non-hydrogen) atoms. The van der Waals surface area contributed by atoms with E-state index < -0.39 is 6.23 Å². The minimum atomic E-state index is -0.468. The van der Waals surface area contributed by atoms with Crippen LogP contribution in [0, 0.1) is 0 Å². The summed E-state index contributed by atoms with van der Waals surface area (Å²) in [7, 11) is 1.65. The summed E-state index contributed by atoms with van der Waals surface area (Å²) in [5.74, 6) is 1.59. The first-order chi connectivity index (χ1) is 14.5. The van der Waals surface area contributed by atoms with E-state index in [4.69, 9.17) is 49.4 Å². The zero-order valence-electron chi connectivity index (χ0n) is 16.0. The molecule has 0 aliphatic carbocycles. The van der Waals surface area contributed by atoms with E-state index in [-0.39, 0.29) is 6.04 Å². The van der Waals surface area contributed by atoms with Crippen LogP contribution in [0.4, 0.5) is 0 Å². The summed E-state index contributed by atoms with van der Waals surface area (Å²) in [4.78, 5) is 0. The predicted octanol–water partition coefficient (Wildman–Crippen LogP) is 6.90. The van der Waals surface area contributed by atoms with Gasteiger partial charge in [0.1, 0.15) is 11.5 Å². The molecule has 3 aromatic carbocycles. The topological polar surface area (TPSA) is 34.1 Å². The van der Waals surface area contributed by atoms with E-state index in [0.717, 1.165) is 40.3 Å². The predicted molar refractivity (Wildman–Crippen MR) is 120 cm³/mol. The van der Waals surface area contributed by atoms with Crippen LogP contribution in [-0.2, 0) is 0 Å². The summed E-state index contributed by atoms with van der Waals surface area (Å²) >= 11 is 18.9. The van der Waals surface area contributed by atoms with Gasteiger partial charge in [0.2, 0.25) is 6.23 Å². The molecule has 0 saturated carbocycles. The fourth-order valence-electron chi connectivity index (χ4n) is 3.92. The molecule has 2 aliphatic rings. The van der Waals surface area contributed by atoms with Crippen LogP contribution >= 0.6 is 34.8 Å². The third kappa shape index (κ3) is 3.39. The van der Waals surface area contributed by atoms with Crippen LogP contribution in [0.2, 0.25) is 15.1 Å². The van der Waals surface area contributed by atoms with Gasteiger partial charge in [0, 0.05) is 27.6 Å². The van der Waals surface area contributed by atoms with Crippen LogP contribution in [0.15, 0.2) is 65.8 Å². The normalized spacial score (nSPS) is 19.6. The number of methoxy groups -OCH3 is 1. The lowest BCUT2D eigenvalue weighted by atomic mass is 9.96. The van der Waals surface area contributed by atoms with E-state index in [1.807, 2.05) is 59.6 Å². The number of fused-ring (bicyclic) bond motifs is 3. The van der Waals surface area contributed by atoms with Crippen LogP contribution in [0.1, 0.15) is 35.4 Å². The van der Waals surface area contributed by atoms with E-state index in [2.05, 4.69) is 0 Å². The first-order valence-electron chi connectivity index (χ1n) is 9.45. The highest BCUT2D eigenvalue weighted by Gasteiger charge is 2.41. The van der Waals surface area contributed by atoms with Crippen molar-refractivity contribution in [2.24, 2.45) is 5.10 Å². The zero-order chi connectivity index (χ0) is 20.8. The molecule has 0 aromatic heterocycles. The Hall–Kier alpha value is -2.40. The second-order valence-electron chi connectivity index (χ2n) is 7.19. The number of nitrogens with zero attached hydrogens (tertiary/aromatic N) is 2. The molecule has 0 fully saturated rings. The van der Waals surface area contributed by atoms with Gasteiger partial charge >= 0.3 is 0 Å². The lowest BCUT2D eigenvalue weighted by molar-refractivity contribution is -0.0189. The van der Waals surface area contributed by atoms with Gasteiger partial charge in [-0.25, -0.2) is 5.01 Å². The maximum Gasteiger partial charge on any atom is 0.215 e. The molecule has 152 valence electrons. The van der Waals surface area contributed by atoms with E-state index >= 15 is 0 Å². The van der Waals surface area contributed by atoms with Crippen molar-refractivity contribution in [3.8, 4) is 11.5 Å². The Morgan fingerprint density at radius 1 is 0.933 bits per heavy atom. The minimum absolute atomic E-state index is 0.0127. The van der Waals surface area contributed by atoms with E-state index in [1.54, 1.807) is 13.2 Å². The van der Waals surface area contributed by atoms with Gasteiger partial charge in [-0.2, -0.15) is 5.10 Å². The van der Waals surface area contributed by atoms with E-state index in [1.165, 1.54) is 0 Å². The van der Waals surface area contributed by atoms with Crippen molar-refractivity contribution in [2.45, 2.75) is 18.7 Å². The SMILES string of the molecule is COc1ccc(C2=NN3[C@H](C2)c2cc(Cl)ccc2O[C@H]3c2ccc(Cl)cc2Cl)cc1. The number of hydrogen-bond donors (Lipinski definition) is 0. The van der Waals surface area contributed by atoms with Crippen molar-refractivity contribution in [1.29, 1.82) is 0 Å². The van der Waals surface area contributed by atoms with Crippen molar-refractivity contribution < 1.29 is 9.47 Å². The Morgan fingerprint density at radius 2 is 1.67 bits per heavy atom. The summed E-state index contributed by atoms with van der Waals surface area (Å²) in [5, 5.41) is 8.68. The molecule has 2 aliphatic heterocycles. The van der Waals surface area contributed by atoms with Gasteiger partial charge in [0.15, 0.2) is 0 Å². The molecule has 5 rings (SSSR count). The number of ether oxygens (including phenoxy) is 2. The average Bonchev–Trinajstić information content (AvgIpc) is 3.19. The maximum absolute atomic E-state index is 6.52. The lowest BCUT2D eigenvalue weighted by Crippen LogP contribution is -2.33. The number of benzene rings is 3. The Bertz CT molecular complexity index is 1150. The van der Waals surface area contributed by atoms with Gasteiger partial charge in [0.25, 0.3) is 0 Å². The van der Waals surface area contributed by atoms with Gasteiger partial charge in [-0.05, 0) is 60.2 Å². The second kappa shape index (κ2) is 7.69. The molecule has 2 atom stereocenters. The number of hydrazone groups is 1. The summed E-state index contributed by atoms with van der Waals surface area (Å²) in [6.07, 6.45) is 0.259. The van der Waals surface area contributed by atoms with Crippen LogP contribution < -0.4 is 9.47 Å². The summed E-state index contributed by atoms with van der Waals surface area (Å²) in [5.41, 5.74) is 3.83. The molecule has 2 heterocycles. The van der Waals surface area contributed by atoms with Crippen LogP contribution in [-0.4, -0.2) is 17.8 Å². The van der Waals surface area contributed by atoms with Gasteiger partial charge in [0.05, 0.1) is 23.9 Å². The number of rotatable bonds is 3. The fraction of sp³-hybridized carbons (Fsp3) is 0.174. The minimum Gasteiger partial charge on any atom is -0.497 e. The van der Waals surface area contributed by atoms with Gasteiger partial charge in [-0.3, -0.25) is 0 Å². The summed E-state index contributed by atoms with van der Waals surface area (Å²) in [6.45, 7) is 0. The molecule has 3 aromatic rings. The first-order valence-corrected chi connectivity index (χ1v) is 10.6. The van der Waals surface area contributed by atoms with Crippen LogP contribution in [0.5, 0.6) is 11.5 Å². The highest BCUT2D eigenvalue weighted by Crippen LogP contribution is 2.49. The highest BCUT2D eigenvalue weighted by molar-refractivity contribution is 6.35. The fourth-order valence-corrected chi connectivity index (χ4v) is 4.61. The molecule has 0 amide bonds. The molecule has 0 radical (unpaired) electrons.